The molecule has 0 bridgehead atoms. The largest absolute Gasteiger partial charge is 0.344 e. The Morgan fingerprint density at radius 1 is 1.50 bits per heavy atom. The second-order valence-corrected chi connectivity index (χ2v) is 5.30. The molecule has 2 amide bonds. The molecule has 4 nitrogen and oxygen atoms in total. The summed E-state index contributed by atoms with van der Waals surface area (Å²) in [6, 6.07) is 7.44. The SMILES string of the molecule is CN(Cc1ccccc1Br)C(=O)[C@H]1CCC(=O)N1. The number of amides is 2. The normalized spacial score (nSPS) is 18.6. The molecule has 1 saturated heterocycles. The maximum atomic E-state index is 12.1. The Labute approximate surface area is 114 Å². The fourth-order valence-corrected chi connectivity index (χ4v) is 2.44. The van der Waals surface area contributed by atoms with Gasteiger partial charge in [-0.25, -0.2) is 0 Å². The number of hydrogen-bond acceptors (Lipinski definition) is 2. The van der Waals surface area contributed by atoms with Crippen molar-refractivity contribution in [3.8, 4) is 0 Å². The molecule has 0 unspecified atom stereocenters. The molecule has 1 heterocycles. The van der Waals surface area contributed by atoms with Crippen LogP contribution in [0.5, 0.6) is 0 Å². The molecule has 96 valence electrons. The Bertz CT molecular complexity index is 476. The molecule has 2 rings (SSSR count). The van der Waals surface area contributed by atoms with E-state index in [-0.39, 0.29) is 17.9 Å². The number of halogens is 1. The highest BCUT2D eigenvalue weighted by molar-refractivity contribution is 9.10. The average Bonchev–Trinajstić information content (AvgIpc) is 2.78. The smallest absolute Gasteiger partial charge is 0.245 e. The van der Waals surface area contributed by atoms with Gasteiger partial charge in [-0.1, -0.05) is 34.1 Å². The summed E-state index contributed by atoms with van der Waals surface area (Å²) in [4.78, 5) is 24.9. The monoisotopic (exact) mass is 310 g/mol. The molecule has 0 spiro atoms. The molecule has 1 atom stereocenters. The second kappa shape index (κ2) is 5.52. The van der Waals surface area contributed by atoms with Crippen LogP contribution in [0.15, 0.2) is 28.7 Å². The van der Waals surface area contributed by atoms with E-state index in [1.54, 1.807) is 11.9 Å². The van der Waals surface area contributed by atoms with Gasteiger partial charge in [-0.3, -0.25) is 9.59 Å². The van der Waals surface area contributed by atoms with E-state index in [1.807, 2.05) is 24.3 Å². The van der Waals surface area contributed by atoms with Crippen molar-refractivity contribution in [2.75, 3.05) is 7.05 Å². The van der Waals surface area contributed by atoms with E-state index < -0.39 is 0 Å². The number of nitrogens with zero attached hydrogens (tertiary/aromatic N) is 1. The molecular weight excluding hydrogens is 296 g/mol. The molecule has 1 aromatic carbocycles. The van der Waals surface area contributed by atoms with Crippen molar-refractivity contribution in [3.05, 3.63) is 34.3 Å². The highest BCUT2D eigenvalue weighted by Crippen LogP contribution is 2.18. The molecule has 0 saturated carbocycles. The molecule has 1 fully saturated rings. The summed E-state index contributed by atoms with van der Waals surface area (Å²) in [6.07, 6.45) is 1.04. The third-order valence-corrected chi connectivity index (χ3v) is 3.81. The Hall–Kier alpha value is -1.36. The third kappa shape index (κ3) is 2.90. The van der Waals surface area contributed by atoms with E-state index >= 15 is 0 Å². The van der Waals surface area contributed by atoms with E-state index in [4.69, 9.17) is 0 Å². The van der Waals surface area contributed by atoms with Gasteiger partial charge in [0.25, 0.3) is 0 Å². The zero-order valence-electron chi connectivity index (χ0n) is 10.1. The predicted octanol–water partition coefficient (Wildman–Crippen LogP) is 1.69. The molecule has 1 aliphatic heterocycles. The number of hydrogen-bond donors (Lipinski definition) is 1. The number of benzene rings is 1. The highest BCUT2D eigenvalue weighted by Gasteiger charge is 2.29. The van der Waals surface area contributed by atoms with Crippen LogP contribution < -0.4 is 5.32 Å². The van der Waals surface area contributed by atoms with Crippen LogP contribution in [0.2, 0.25) is 0 Å². The van der Waals surface area contributed by atoms with Crippen LogP contribution >= 0.6 is 15.9 Å². The molecule has 1 aliphatic rings. The lowest BCUT2D eigenvalue weighted by molar-refractivity contribution is -0.133. The summed E-state index contributed by atoms with van der Waals surface area (Å²) in [5.74, 6) is -0.0701. The van der Waals surface area contributed by atoms with Gasteiger partial charge >= 0.3 is 0 Å². The molecular formula is C13H15BrN2O2. The van der Waals surface area contributed by atoms with Crippen molar-refractivity contribution in [2.45, 2.75) is 25.4 Å². The quantitative estimate of drug-likeness (QED) is 0.923. The van der Waals surface area contributed by atoms with Gasteiger partial charge in [-0.15, -0.1) is 0 Å². The van der Waals surface area contributed by atoms with Crippen LogP contribution in [-0.2, 0) is 16.1 Å². The van der Waals surface area contributed by atoms with Crippen molar-refractivity contribution < 1.29 is 9.59 Å². The third-order valence-electron chi connectivity index (χ3n) is 3.03. The van der Waals surface area contributed by atoms with Gasteiger partial charge in [0, 0.05) is 24.5 Å². The molecule has 5 heteroatoms. The van der Waals surface area contributed by atoms with Crippen LogP contribution in [0, 0.1) is 0 Å². The van der Waals surface area contributed by atoms with E-state index in [9.17, 15) is 9.59 Å². The maximum absolute atomic E-state index is 12.1. The van der Waals surface area contributed by atoms with Gasteiger partial charge in [0.1, 0.15) is 6.04 Å². The van der Waals surface area contributed by atoms with Gasteiger partial charge < -0.3 is 10.2 Å². The summed E-state index contributed by atoms with van der Waals surface area (Å²) in [6.45, 7) is 0.534. The molecule has 0 radical (unpaired) electrons. The lowest BCUT2D eigenvalue weighted by Gasteiger charge is -2.21. The number of rotatable bonds is 3. The van der Waals surface area contributed by atoms with Gasteiger partial charge in [0.15, 0.2) is 0 Å². The highest BCUT2D eigenvalue weighted by atomic mass is 79.9. The van der Waals surface area contributed by atoms with E-state index in [1.165, 1.54) is 0 Å². The first-order chi connectivity index (χ1) is 8.58. The fraction of sp³-hybridized carbons (Fsp3) is 0.385. The first-order valence-electron chi connectivity index (χ1n) is 5.85. The van der Waals surface area contributed by atoms with E-state index in [0.29, 0.717) is 19.4 Å². The van der Waals surface area contributed by atoms with Crippen molar-refractivity contribution in [1.29, 1.82) is 0 Å². The van der Waals surface area contributed by atoms with Crippen LogP contribution in [0.4, 0.5) is 0 Å². The molecule has 0 aromatic heterocycles. The molecule has 18 heavy (non-hydrogen) atoms. The lowest BCUT2D eigenvalue weighted by atomic mass is 10.1. The Balaban J connectivity index is 2.00. The lowest BCUT2D eigenvalue weighted by Crippen LogP contribution is -2.42. The summed E-state index contributed by atoms with van der Waals surface area (Å²) < 4.78 is 0.986. The standard InChI is InChI=1S/C13H15BrN2O2/c1-16(8-9-4-2-3-5-10(9)14)13(18)11-6-7-12(17)15-11/h2-5,11H,6-8H2,1H3,(H,15,17)/t11-/m1/s1. The van der Waals surface area contributed by atoms with Crippen molar-refractivity contribution in [2.24, 2.45) is 0 Å². The summed E-state index contributed by atoms with van der Waals surface area (Å²) >= 11 is 3.46. The number of likely N-dealkylation sites (N-methyl/N-ethyl adjacent to an activating group) is 1. The Kier molecular flexibility index (Phi) is 4.01. The maximum Gasteiger partial charge on any atom is 0.245 e. The van der Waals surface area contributed by atoms with E-state index in [0.717, 1.165) is 10.0 Å². The van der Waals surface area contributed by atoms with Gasteiger partial charge in [0.05, 0.1) is 0 Å². The van der Waals surface area contributed by atoms with Crippen LogP contribution in [0.1, 0.15) is 18.4 Å². The predicted molar refractivity (Wildman–Crippen MR) is 71.8 cm³/mol. The summed E-state index contributed by atoms with van der Waals surface area (Å²) in [5, 5.41) is 2.69. The second-order valence-electron chi connectivity index (χ2n) is 4.44. The van der Waals surface area contributed by atoms with Crippen LogP contribution in [0.25, 0.3) is 0 Å². The van der Waals surface area contributed by atoms with Gasteiger partial charge in [-0.2, -0.15) is 0 Å². The topological polar surface area (TPSA) is 49.4 Å². The first-order valence-corrected chi connectivity index (χ1v) is 6.65. The van der Waals surface area contributed by atoms with Crippen molar-refractivity contribution in [3.63, 3.8) is 0 Å². The molecule has 1 aromatic rings. The fourth-order valence-electron chi connectivity index (χ4n) is 2.03. The molecule has 0 aliphatic carbocycles. The number of nitrogens with one attached hydrogen (secondary N) is 1. The first kappa shape index (κ1) is 13.1. The van der Waals surface area contributed by atoms with Crippen LogP contribution in [0.3, 0.4) is 0 Å². The van der Waals surface area contributed by atoms with Gasteiger partial charge in [0.2, 0.25) is 11.8 Å². The van der Waals surface area contributed by atoms with E-state index in [2.05, 4.69) is 21.2 Å². The van der Waals surface area contributed by atoms with Gasteiger partial charge in [-0.05, 0) is 18.1 Å². The van der Waals surface area contributed by atoms with Crippen LogP contribution in [-0.4, -0.2) is 29.8 Å². The number of carbonyl (C=O) groups excluding carboxylic acids is 2. The Morgan fingerprint density at radius 3 is 2.83 bits per heavy atom. The van der Waals surface area contributed by atoms with Crippen molar-refractivity contribution >= 4 is 27.7 Å². The van der Waals surface area contributed by atoms with Crippen molar-refractivity contribution in [1.82, 2.24) is 10.2 Å². The minimum Gasteiger partial charge on any atom is -0.344 e. The Morgan fingerprint density at radius 2 is 2.22 bits per heavy atom. The molecule has 1 N–H and O–H groups in total. The minimum absolute atomic E-state index is 0.0309. The average molecular weight is 311 g/mol. The zero-order chi connectivity index (χ0) is 13.1. The summed E-state index contributed by atoms with van der Waals surface area (Å²) in [7, 11) is 1.76. The minimum atomic E-state index is -0.356. The zero-order valence-corrected chi connectivity index (χ0v) is 11.7. The number of carbonyl (C=O) groups is 2. The summed E-state index contributed by atoms with van der Waals surface area (Å²) in [5.41, 5.74) is 1.05.